The average Bonchev–Trinajstić information content (AvgIpc) is 2.79. The van der Waals surface area contributed by atoms with Crippen molar-refractivity contribution in [3.63, 3.8) is 0 Å². The van der Waals surface area contributed by atoms with Gasteiger partial charge in [0.05, 0.1) is 30.4 Å². The number of hydrogen-bond donors (Lipinski definition) is 0. The quantitative estimate of drug-likeness (QED) is 0.634. The summed E-state index contributed by atoms with van der Waals surface area (Å²) < 4.78 is 5.47. The Kier molecular flexibility index (Phi) is 5.26. The van der Waals surface area contributed by atoms with Crippen LogP contribution in [0.1, 0.15) is 5.82 Å². The number of benzene rings is 1. The van der Waals surface area contributed by atoms with Gasteiger partial charge in [-0.2, -0.15) is 0 Å². The van der Waals surface area contributed by atoms with Gasteiger partial charge in [0.1, 0.15) is 23.3 Å². The van der Waals surface area contributed by atoms with Crippen LogP contribution in [0.15, 0.2) is 30.5 Å². The Balaban J connectivity index is 1.30. The van der Waals surface area contributed by atoms with E-state index in [0.29, 0.717) is 5.02 Å². The molecule has 2 aromatic heterocycles. The second-order valence-electron chi connectivity index (χ2n) is 7.57. The second-order valence-corrected chi connectivity index (χ2v) is 8.00. The molecule has 2 saturated heterocycles. The van der Waals surface area contributed by atoms with Crippen LogP contribution in [0.25, 0.3) is 11.0 Å². The number of piperazine rings is 1. The topological polar surface area (TPSA) is 70.5 Å². The number of hydrogen-bond acceptors (Lipinski definition) is 8. The molecule has 9 heteroatoms. The highest BCUT2D eigenvalue weighted by atomic mass is 35.5. The number of rotatable bonds is 3. The molecule has 1 aromatic carbocycles. The molecule has 0 atom stereocenters. The summed E-state index contributed by atoms with van der Waals surface area (Å²) in [5.74, 6) is 3.68. The van der Waals surface area contributed by atoms with Gasteiger partial charge in [0.25, 0.3) is 0 Å². The van der Waals surface area contributed by atoms with E-state index in [1.165, 1.54) is 0 Å². The van der Waals surface area contributed by atoms with Crippen molar-refractivity contribution in [1.29, 1.82) is 0 Å². The molecule has 0 aliphatic carbocycles. The second kappa shape index (κ2) is 8.20. The zero-order chi connectivity index (χ0) is 20.5. The Morgan fingerprint density at radius 2 is 1.40 bits per heavy atom. The molecule has 0 saturated carbocycles. The zero-order valence-corrected chi connectivity index (χ0v) is 17.7. The SMILES string of the molecule is Cc1nc(N2CCOCC2)cc(N2CCN(c3cnc4cc(Cl)ccc4n3)CC2)n1. The molecule has 0 radical (unpaired) electrons. The highest BCUT2D eigenvalue weighted by molar-refractivity contribution is 6.31. The summed E-state index contributed by atoms with van der Waals surface area (Å²) in [6.07, 6.45) is 1.83. The summed E-state index contributed by atoms with van der Waals surface area (Å²) in [6.45, 7) is 8.67. The predicted molar refractivity (Wildman–Crippen MR) is 119 cm³/mol. The molecule has 3 aromatic rings. The fourth-order valence-electron chi connectivity index (χ4n) is 3.94. The van der Waals surface area contributed by atoms with E-state index in [2.05, 4.69) is 30.7 Å². The molecule has 2 fully saturated rings. The van der Waals surface area contributed by atoms with Crippen LogP contribution in [0.3, 0.4) is 0 Å². The minimum atomic E-state index is 0.676. The lowest BCUT2D eigenvalue weighted by atomic mass is 10.2. The summed E-state index contributed by atoms with van der Waals surface area (Å²) in [5.41, 5.74) is 1.68. The van der Waals surface area contributed by atoms with Crippen LogP contribution < -0.4 is 14.7 Å². The number of ether oxygens (including phenoxy) is 1. The lowest BCUT2D eigenvalue weighted by molar-refractivity contribution is 0.122. The zero-order valence-electron chi connectivity index (χ0n) is 17.0. The molecular weight excluding hydrogens is 402 g/mol. The predicted octanol–water partition coefficient (Wildman–Crippen LogP) is 2.54. The number of aryl methyl sites for hydroxylation is 1. The average molecular weight is 426 g/mol. The number of anilines is 3. The molecule has 5 rings (SSSR count). The number of nitrogens with zero attached hydrogens (tertiary/aromatic N) is 7. The highest BCUT2D eigenvalue weighted by Gasteiger charge is 2.22. The van der Waals surface area contributed by atoms with Gasteiger partial charge in [0.2, 0.25) is 0 Å². The number of aromatic nitrogens is 4. The monoisotopic (exact) mass is 425 g/mol. The normalized spacial score (nSPS) is 17.6. The van der Waals surface area contributed by atoms with Gasteiger partial charge in [-0.3, -0.25) is 4.98 Å². The first-order valence-corrected chi connectivity index (χ1v) is 10.6. The first-order valence-electron chi connectivity index (χ1n) is 10.3. The lowest BCUT2D eigenvalue weighted by Crippen LogP contribution is -2.47. The maximum Gasteiger partial charge on any atom is 0.147 e. The fourth-order valence-corrected chi connectivity index (χ4v) is 4.11. The van der Waals surface area contributed by atoms with E-state index in [9.17, 15) is 0 Å². The standard InChI is InChI=1S/C21H24ClN7O/c1-15-24-19(13-20(25-15)29-8-10-30-11-9-29)27-4-6-28(7-5-27)21-14-23-18-12-16(22)2-3-17(18)26-21/h2-3,12-14H,4-11H2,1H3. The van der Waals surface area contributed by atoms with Gasteiger partial charge in [-0.1, -0.05) is 11.6 Å². The van der Waals surface area contributed by atoms with Crippen LogP contribution in [0.5, 0.6) is 0 Å². The van der Waals surface area contributed by atoms with Gasteiger partial charge >= 0.3 is 0 Å². The van der Waals surface area contributed by atoms with Crippen LogP contribution in [0, 0.1) is 6.92 Å². The molecule has 0 amide bonds. The molecule has 2 aliphatic heterocycles. The molecule has 4 heterocycles. The highest BCUT2D eigenvalue weighted by Crippen LogP contribution is 2.24. The van der Waals surface area contributed by atoms with Gasteiger partial charge in [-0.15, -0.1) is 0 Å². The first kappa shape index (κ1) is 19.3. The van der Waals surface area contributed by atoms with E-state index in [1.54, 1.807) is 0 Å². The number of halogens is 1. The van der Waals surface area contributed by atoms with Gasteiger partial charge in [0.15, 0.2) is 0 Å². The summed E-state index contributed by atoms with van der Waals surface area (Å²) in [7, 11) is 0. The largest absolute Gasteiger partial charge is 0.378 e. The lowest BCUT2D eigenvalue weighted by Gasteiger charge is -2.36. The van der Waals surface area contributed by atoms with Crippen LogP contribution in [-0.4, -0.2) is 72.4 Å². The van der Waals surface area contributed by atoms with E-state index in [-0.39, 0.29) is 0 Å². The maximum absolute atomic E-state index is 6.05. The third-order valence-electron chi connectivity index (χ3n) is 5.57. The van der Waals surface area contributed by atoms with Crippen molar-refractivity contribution in [3.05, 3.63) is 41.3 Å². The number of morpholine rings is 1. The third-order valence-corrected chi connectivity index (χ3v) is 5.80. The van der Waals surface area contributed by atoms with E-state index in [4.69, 9.17) is 26.3 Å². The first-order chi connectivity index (χ1) is 14.7. The van der Waals surface area contributed by atoms with Gasteiger partial charge < -0.3 is 19.4 Å². The third kappa shape index (κ3) is 3.97. The van der Waals surface area contributed by atoms with E-state index < -0.39 is 0 Å². The summed E-state index contributed by atoms with van der Waals surface area (Å²) in [5, 5.41) is 0.676. The van der Waals surface area contributed by atoms with E-state index in [0.717, 1.165) is 86.8 Å². The Morgan fingerprint density at radius 3 is 2.10 bits per heavy atom. The Labute approximate surface area is 180 Å². The minimum Gasteiger partial charge on any atom is -0.378 e. The van der Waals surface area contributed by atoms with Gasteiger partial charge in [-0.25, -0.2) is 15.0 Å². The van der Waals surface area contributed by atoms with Crippen LogP contribution in [-0.2, 0) is 4.74 Å². The molecule has 0 N–H and O–H groups in total. The van der Waals surface area contributed by atoms with Crippen molar-refractivity contribution < 1.29 is 4.74 Å². The molecule has 0 spiro atoms. The Bertz CT molecular complexity index is 1050. The molecule has 0 unspecified atom stereocenters. The number of fused-ring (bicyclic) bond motifs is 1. The van der Waals surface area contributed by atoms with Crippen LogP contribution in [0.4, 0.5) is 17.5 Å². The summed E-state index contributed by atoms with van der Waals surface area (Å²) >= 11 is 6.05. The van der Waals surface area contributed by atoms with Crippen molar-refractivity contribution in [2.24, 2.45) is 0 Å². The molecule has 30 heavy (non-hydrogen) atoms. The molecule has 2 aliphatic rings. The van der Waals surface area contributed by atoms with Gasteiger partial charge in [0, 0.05) is 50.4 Å². The Morgan fingerprint density at radius 1 is 0.767 bits per heavy atom. The maximum atomic E-state index is 6.05. The smallest absolute Gasteiger partial charge is 0.147 e. The van der Waals surface area contributed by atoms with Crippen molar-refractivity contribution in [3.8, 4) is 0 Å². The molecule has 8 nitrogen and oxygen atoms in total. The van der Waals surface area contributed by atoms with Crippen molar-refractivity contribution in [2.45, 2.75) is 6.92 Å². The van der Waals surface area contributed by atoms with Gasteiger partial charge in [-0.05, 0) is 25.1 Å². The van der Waals surface area contributed by atoms with Crippen molar-refractivity contribution >= 4 is 40.1 Å². The molecular formula is C21H24ClN7O. The summed E-state index contributed by atoms with van der Waals surface area (Å²) in [4.78, 5) is 25.5. The summed E-state index contributed by atoms with van der Waals surface area (Å²) in [6, 6.07) is 7.72. The van der Waals surface area contributed by atoms with E-state index >= 15 is 0 Å². The van der Waals surface area contributed by atoms with E-state index in [1.807, 2.05) is 31.3 Å². The molecule has 156 valence electrons. The fraction of sp³-hybridized carbons (Fsp3) is 0.429. The minimum absolute atomic E-state index is 0.676. The Hall–Kier alpha value is -2.71. The molecule has 0 bridgehead atoms. The van der Waals surface area contributed by atoms with Crippen LogP contribution in [0.2, 0.25) is 5.02 Å². The van der Waals surface area contributed by atoms with Crippen LogP contribution >= 0.6 is 11.6 Å². The van der Waals surface area contributed by atoms with Crippen molar-refractivity contribution in [1.82, 2.24) is 19.9 Å². The van der Waals surface area contributed by atoms with Crippen molar-refractivity contribution in [2.75, 3.05) is 67.2 Å².